The van der Waals surface area contributed by atoms with Gasteiger partial charge in [0.25, 0.3) is 0 Å². The first kappa shape index (κ1) is 15.3. The van der Waals surface area contributed by atoms with Crippen molar-refractivity contribution in [3.05, 3.63) is 34.9 Å². The van der Waals surface area contributed by atoms with Crippen LogP contribution in [0.3, 0.4) is 0 Å². The van der Waals surface area contributed by atoms with Crippen molar-refractivity contribution in [2.75, 3.05) is 39.3 Å². The third-order valence-corrected chi connectivity index (χ3v) is 3.86. The van der Waals surface area contributed by atoms with Gasteiger partial charge in [-0.15, -0.1) is 0 Å². The number of hydrogen-bond acceptors (Lipinski definition) is 4. The van der Waals surface area contributed by atoms with E-state index in [0.29, 0.717) is 24.7 Å². The van der Waals surface area contributed by atoms with E-state index in [1.54, 1.807) is 24.3 Å². The van der Waals surface area contributed by atoms with E-state index < -0.39 is 12.0 Å². The maximum atomic E-state index is 11.6. The summed E-state index contributed by atoms with van der Waals surface area (Å²) in [7, 11) is 0. The van der Waals surface area contributed by atoms with Crippen molar-refractivity contribution in [3.8, 4) is 0 Å². The van der Waals surface area contributed by atoms with Gasteiger partial charge in [0.15, 0.2) is 0 Å². The third-order valence-electron chi connectivity index (χ3n) is 3.61. The molecule has 20 heavy (non-hydrogen) atoms. The van der Waals surface area contributed by atoms with Gasteiger partial charge < -0.3 is 10.2 Å². The van der Waals surface area contributed by atoms with Gasteiger partial charge in [-0.2, -0.15) is 0 Å². The minimum Gasteiger partial charge on any atom is -0.480 e. The smallest absolute Gasteiger partial charge is 0.325 e. The van der Waals surface area contributed by atoms with Crippen molar-refractivity contribution in [2.24, 2.45) is 0 Å². The molecule has 1 atom stereocenters. The number of halogens is 1. The van der Waals surface area contributed by atoms with E-state index >= 15 is 0 Å². The molecule has 5 nitrogen and oxygen atoms in total. The van der Waals surface area contributed by atoms with Gasteiger partial charge in [-0.05, 0) is 17.7 Å². The predicted octanol–water partition coefficient (Wildman–Crippen LogP) is 1.08. The van der Waals surface area contributed by atoms with Crippen LogP contribution in [0.1, 0.15) is 11.6 Å². The Bertz CT molecular complexity index is 444. The van der Waals surface area contributed by atoms with Crippen molar-refractivity contribution < 1.29 is 15.0 Å². The fourth-order valence-electron chi connectivity index (χ4n) is 2.54. The summed E-state index contributed by atoms with van der Waals surface area (Å²) in [5, 5.41) is 19.0. The molecule has 1 aliphatic rings. The Morgan fingerprint density at radius 1 is 1.20 bits per heavy atom. The Hall–Kier alpha value is -1.14. The number of aliphatic hydroxyl groups is 1. The number of carboxylic acids is 1. The first-order chi connectivity index (χ1) is 9.61. The van der Waals surface area contributed by atoms with E-state index in [1.807, 2.05) is 4.90 Å². The highest BCUT2D eigenvalue weighted by Crippen LogP contribution is 2.24. The second-order valence-corrected chi connectivity index (χ2v) is 5.33. The number of piperazine rings is 1. The van der Waals surface area contributed by atoms with Gasteiger partial charge in [-0.25, -0.2) is 0 Å². The molecule has 2 N–H and O–H groups in total. The van der Waals surface area contributed by atoms with Crippen LogP contribution in [0.15, 0.2) is 24.3 Å². The summed E-state index contributed by atoms with van der Waals surface area (Å²) >= 11 is 5.84. The highest BCUT2D eigenvalue weighted by Gasteiger charge is 2.29. The molecule has 1 saturated heterocycles. The van der Waals surface area contributed by atoms with Crippen LogP contribution in [0.2, 0.25) is 5.02 Å². The molecule has 0 amide bonds. The number of rotatable bonds is 5. The molecule has 0 spiro atoms. The lowest BCUT2D eigenvalue weighted by molar-refractivity contribution is -0.144. The lowest BCUT2D eigenvalue weighted by Gasteiger charge is -2.37. The zero-order chi connectivity index (χ0) is 14.5. The standard InChI is InChI=1S/C14H19ClN2O3/c15-12-3-1-11(2-4-12)13(14(19)20)17-7-5-16(6-8-17)9-10-18/h1-4,13,18H,5-10H2,(H,19,20). The Morgan fingerprint density at radius 2 is 1.80 bits per heavy atom. The molecule has 6 heteroatoms. The summed E-state index contributed by atoms with van der Waals surface area (Å²) in [4.78, 5) is 15.7. The maximum absolute atomic E-state index is 11.6. The summed E-state index contributed by atoms with van der Waals surface area (Å²) in [5.74, 6) is -0.845. The average molecular weight is 299 g/mol. The zero-order valence-corrected chi connectivity index (χ0v) is 12.0. The lowest BCUT2D eigenvalue weighted by atomic mass is 10.0. The van der Waals surface area contributed by atoms with E-state index in [4.69, 9.17) is 16.7 Å². The number of β-amino-alcohol motifs (C(OH)–C–C–N with tert-alkyl or cyclic N) is 1. The normalized spacial score (nSPS) is 18.9. The molecule has 1 aromatic carbocycles. The molecule has 1 fully saturated rings. The van der Waals surface area contributed by atoms with Crippen LogP contribution >= 0.6 is 11.6 Å². The summed E-state index contributed by atoms with van der Waals surface area (Å²) in [6, 6.07) is 6.33. The quantitative estimate of drug-likeness (QED) is 0.851. The van der Waals surface area contributed by atoms with Crippen LogP contribution < -0.4 is 0 Å². The Labute approximate surface area is 123 Å². The van der Waals surface area contributed by atoms with Gasteiger partial charge in [-0.3, -0.25) is 14.6 Å². The highest BCUT2D eigenvalue weighted by molar-refractivity contribution is 6.30. The number of carbonyl (C=O) groups is 1. The molecule has 1 aliphatic heterocycles. The van der Waals surface area contributed by atoms with E-state index in [2.05, 4.69) is 4.90 Å². The summed E-state index contributed by atoms with van der Waals surface area (Å²) in [5.41, 5.74) is 0.748. The van der Waals surface area contributed by atoms with Crippen molar-refractivity contribution >= 4 is 17.6 Å². The van der Waals surface area contributed by atoms with Gasteiger partial charge in [-0.1, -0.05) is 23.7 Å². The molecular formula is C14H19ClN2O3. The van der Waals surface area contributed by atoms with Crippen LogP contribution in [0, 0.1) is 0 Å². The second-order valence-electron chi connectivity index (χ2n) is 4.89. The van der Waals surface area contributed by atoms with Crippen molar-refractivity contribution in [2.45, 2.75) is 6.04 Å². The third kappa shape index (κ3) is 3.70. The van der Waals surface area contributed by atoms with E-state index in [9.17, 15) is 9.90 Å². The fraction of sp³-hybridized carbons (Fsp3) is 0.500. The van der Waals surface area contributed by atoms with Crippen LogP contribution in [0.5, 0.6) is 0 Å². The van der Waals surface area contributed by atoms with Crippen LogP contribution in [0.25, 0.3) is 0 Å². The molecule has 0 radical (unpaired) electrons. The molecule has 110 valence electrons. The SMILES string of the molecule is O=C(O)C(c1ccc(Cl)cc1)N1CCN(CCO)CC1. The molecule has 0 bridgehead atoms. The fourth-order valence-corrected chi connectivity index (χ4v) is 2.67. The Morgan fingerprint density at radius 3 is 2.30 bits per heavy atom. The van der Waals surface area contributed by atoms with E-state index in [0.717, 1.165) is 18.7 Å². The molecule has 1 heterocycles. The Balaban J connectivity index is 2.07. The number of hydrogen-bond donors (Lipinski definition) is 2. The minimum atomic E-state index is -0.845. The van der Waals surface area contributed by atoms with Crippen molar-refractivity contribution in [1.82, 2.24) is 9.80 Å². The minimum absolute atomic E-state index is 0.138. The summed E-state index contributed by atoms with van der Waals surface area (Å²) in [6.45, 7) is 3.70. The van der Waals surface area contributed by atoms with Crippen LogP contribution in [-0.4, -0.2) is 65.3 Å². The molecular weight excluding hydrogens is 280 g/mol. The van der Waals surface area contributed by atoms with Gasteiger partial charge in [0.2, 0.25) is 0 Å². The molecule has 1 unspecified atom stereocenters. The average Bonchev–Trinajstić information content (AvgIpc) is 2.43. The largest absolute Gasteiger partial charge is 0.480 e. The lowest BCUT2D eigenvalue weighted by Crippen LogP contribution is -2.49. The highest BCUT2D eigenvalue weighted by atomic mass is 35.5. The van der Waals surface area contributed by atoms with Crippen molar-refractivity contribution in [3.63, 3.8) is 0 Å². The van der Waals surface area contributed by atoms with Crippen molar-refractivity contribution in [1.29, 1.82) is 0 Å². The number of aliphatic carboxylic acids is 1. The molecule has 0 saturated carbocycles. The van der Waals surface area contributed by atoms with Gasteiger partial charge in [0.05, 0.1) is 6.61 Å². The number of nitrogens with zero attached hydrogens (tertiary/aromatic N) is 2. The molecule has 0 aromatic heterocycles. The maximum Gasteiger partial charge on any atom is 0.325 e. The van der Waals surface area contributed by atoms with Gasteiger partial charge >= 0.3 is 5.97 Å². The monoisotopic (exact) mass is 298 g/mol. The Kier molecular flexibility index (Phi) is 5.37. The first-order valence-corrected chi connectivity index (χ1v) is 7.05. The summed E-state index contributed by atoms with van der Waals surface area (Å²) < 4.78 is 0. The number of benzene rings is 1. The van der Waals surface area contributed by atoms with Crippen LogP contribution in [-0.2, 0) is 4.79 Å². The number of carboxylic acid groups (broad SMARTS) is 1. The van der Waals surface area contributed by atoms with E-state index in [1.165, 1.54) is 0 Å². The van der Waals surface area contributed by atoms with Crippen LogP contribution in [0.4, 0.5) is 0 Å². The second kappa shape index (κ2) is 7.04. The molecule has 1 aromatic rings. The molecule has 0 aliphatic carbocycles. The predicted molar refractivity (Wildman–Crippen MR) is 76.9 cm³/mol. The van der Waals surface area contributed by atoms with Gasteiger partial charge in [0, 0.05) is 37.7 Å². The zero-order valence-electron chi connectivity index (χ0n) is 11.2. The molecule has 2 rings (SSSR count). The summed E-state index contributed by atoms with van der Waals surface area (Å²) in [6.07, 6.45) is 0. The first-order valence-electron chi connectivity index (χ1n) is 6.67. The van der Waals surface area contributed by atoms with Gasteiger partial charge in [0.1, 0.15) is 6.04 Å². The number of aliphatic hydroxyl groups excluding tert-OH is 1. The van der Waals surface area contributed by atoms with E-state index in [-0.39, 0.29) is 6.61 Å². The topological polar surface area (TPSA) is 64.0 Å².